The van der Waals surface area contributed by atoms with E-state index in [4.69, 9.17) is 5.11 Å². The maximum absolute atomic E-state index is 12.3. The number of carbonyl (C=O) groups excluding carboxylic acids is 1. The van der Waals surface area contributed by atoms with Gasteiger partial charge in [0, 0.05) is 5.69 Å². The lowest BCUT2D eigenvalue weighted by Crippen LogP contribution is -2.13. The molecule has 0 aliphatic carbocycles. The number of hydrogen-bond donors (Lipinski definition) is 3. The van der Waals surface area contributed by atoms with Crippen LogP contribution in [0.2, 0.25) is 0 Å². The Morgan fingerprint density at radius 3 is 2.52 bits per heavy atom. The van der Waals surface area contributed by atoms with Crippen LogP contribution in [-0.2, 0) is 13.0 Å². The average molecular weight is 285 g/mol. The molecule has 4 nitrogen and oxygen atoms in total. The van der Waals surface area contributed by atoms with E-state index in [0.717, 1.165) is 23.1 Å². The number of aryl methyl sites for hydroxylation is 2. The van der Waals surface area contributed by atoms with Gasteiger partial charge in [-0.25, -0.2) is 0 Å². The van der Waals surface area contributed by atoms with Crippen molar-refractivity contribution >= 4 is 11.6 Å². The molecule has 2 aromatic carbocycles. The number of aliphatic hydroxyl groups excluding tert-OH is 1. The van der Waals surface area contributed by atoms with E-state index in [0.29, 0.717) is 5.69 Å². The summed E-state index contributed by atoms with van der Waals surface area (Å²) in [6.45, 7) is 3.78. The van der Waals surface area contributed by atoms with Crippen LogP contribution in [0.5, 0.6) is 5.75 Å². The molecule has 21 heavy (non-hydrogen) atoms. The van der Waals surface area contributed by atoms with Gasteiger partial charge in [-0.2, -0.15) is 0 Å². The molecule has 0 aromatic heterocycles. The molecule has 1 amide bonds. The third kappa shape index (κ3) is 3.41. The van der Waals surface area contributed by atoms with E-state index in [1.54, 1.807) is 24.3 Å². The maximum atomic E-state index is 12.3. The summed E-state index contributed by atoms with van der Waals surface area (Å²) in [4.78, 5) is 12.3. The third-order valence-corrected chi connectivity index (χ3v) is 3.45. The molecule has 4 heteroatoms. The van der Waals surface area contributed by atoms with Gasteiger partial charge < -0.3 is 15.5 Å². The maximum Gasteiger partial charge on any atom is 0.259 e. The molecule has 3 N–H and O–H groups in total. The van der Waals surface area contributed by atoms with Gasteiger partial charge in [-0.15, -0.1) is 0 Å². The van der Waals surface area contributed by atoms with Gasteiger partial charge in [0.2, 0.25) is 0 Å². The van der Waals surface area contributed by atoms with E-state index < -0.39 is 0 Å². The lowest BCUT2D eigenvalue weighted by atomic mass is 10.1. The summed E-state index contributed by atoms with van der Waals surface area (Å²) in [7, 11) is 0. The number of aliphatic hydroxyl groups is 1. The molecule has 0 fully saturated rings. The normalized spacial score (nSPS) is 10.4. The predicted octanol–water partition coefficient (Wildman–Crippen LogP) is 3.01. The van der Waals surface area contributed by atoms with Crippen molar-refractivity contribution in [2.24, 2.45) is 0 Å². The summed E-state index contributed by atoms with van der Waals surface area (Å²) < 4.78 is 0. The zero-order valence-electron chi connectivity index (χ0n) is 12.2. The van der Waals surface area contributed by atoms with Crippen LogP contribution >= 0.6 is 0 Å². The number of nitrogens with one attached hydrogen (secondary N) is 1. The minimum Gasteiger partial charge on any atom is -0.507 e. The summed E-state index contributed by atoms with van der Waals surface area (Å²) in [5, 5.41) is 21.8. The molecule has 0 aliphatic rings. The summed E-state index contributed by atoms with van der Waals surface area (Å²) in [5.74, 6) is -0.401. The Hall–Kier alpha value is -2.33. The first-order valence-electron chi connectivity index (χ1n) is 6.88. The molecular formula is C17H19NO3. The van der Waals surface area contributed by atoms with Gasteiger partial charge in [-0.05, 0) is 48.2 Å². The van der Waals surface area contributed by atoms with Crippen molar-refractivity contribution in [1.29, 1.82) is 0 Å². The molecule has 0 saturated heterocycles. The van der Waals surface area contributed by atoms with Gasteiger partial charge in [0.1, 0.15) is 5.75 Å². The number of carbonyl (C=O) groups is 1. The SMILES string of the molecule is CCc1ccc(O)c(C(=O)Nc2cc(CO)ccc2C)c1. The first kappa shape index (κ1) is 15.1. The highest BCUT2D eigenvalue weighted by molar-refractivity contribution is 6.06. The topological polar surface area (TPSA) is 69.6 Å². The minimum absolute atomic E-state index is 0.0411. The summed E-state index contributed by atoms with van der Waals surface area (Å²) in [6.07, 6.45) is 0.791. The molecule has 0 aliphatic heterocycles. The second kappa shape index (κ2) is 6.41. The Bertz CT molecular complexity index is 665. The number of anilines is 1. The second-order valence-electron chi connectivity index (χ2n) is 4.97. The minimum atomic E-state index is -0.360. The van der Waals surface area contributed by atoms with Crippen LogP contribution in [0.4, 0.5) is 5.69 Å². The Balaban J connectivity index is 2.29. The molecule has 110 valence electrons. The smallest absolute Gasteiger partial charge is 0.259 e. The number of phenolic OH excluding ortho intramolecular Hbond substituents is 1. The number of rotatable bonds is 4. The van der Waals surface area contributed by atoms with Gasteiger partial charge in [-0.3, -0.25) is 4.79 Å². The molecular weight excluding hydrogens is 266 g/mol. The fourth-order valence-corrected chi connectivity index (χ4v) is 2.08. The largest absolute Gasteiger partial charge is 0.507 e. The summed E-state index contributed by atoms with van der Waals surface area (Å²) >= 11 is 0. The first-order chi connectivity index (χ1) is 10.0. The van der Waals surface area contributed by atoms with Crippen molar-refractivity contribution in [1.82, 2.24) is 0 Å². The van der Waals surface area contributed by atoms with Crippen LogP contribution in [0.15, 0.2) is 36.4 Å². The quantitative estimate of drug-likeness (QED) is 0.808. The highest BCUT2D eigenvalue weighted by Crippen LogP contribution is 2.22. The Kier molecular flexibility index (Phi) is 4.60. The van der Waals surface area contributed by atoms with Crippen molar-refractivity contribution in [3.05, 3.63) is 58.7 Å². The highest BCUT2D eigenvalue weighted by atomic mass is 16.3. The van der Waals surface area contributed by atoms with Crippen molar-refractivity contribution < 1.29 is 15.0 Å². The lowest BCUT2D eigenvalue weighted by molar-refractivity contribution is 0.102. The van der Waals surface area contributed by atoms with Crippen molar-refractivity contribution in [2.75, 3.05) is 5.32 Å². The molecule has 0 spiro atoms. The zero-order valence-corrected chi connectivity index (χ0v) is 12.2. The predicted molar refractivity (Wildman–Crippen MR) is 82.5 cm³/mol. The molecule has 2 aromatic rings. The van der Waals surface area contributed by atoms with Gasteiger partial charge in [0.05, 0.1) is 12.2 Å². The molecule has 2 rings (SSSR count). The molecule has 0 heterocycles. The van der Waals surface area contributed by atoms with E-state index >= 15 is 0 Å². The lowest BCUT2D eigenvalue weighted by Gasteiger charge is -2.11. The van der Waals surface area contributed by atoms with Gasteiger partial charge in [0.25, 0.3) is 5.91 Å². The van der Waals surface area contributed by atoms with Gasteiger partial charge in [-0.1, -0.05) is 25.1 Å². The van der Waals surface area contributed by atoms with E-state index in [-0.39, 0.29) is 23.8 Å². The Morgan fingerprint density at radius 1 is 1.14 bits per heavy atom. The van der Waals surface area contributed by atoms with Crippen LogP contribution < -0.4 is 5.32 Å². The van der Waals surface area contributed by atoms with Crippen LogP contribution in [0.25, 0.3) is 0 Å². The van der Waals surface area contributed by atoms with E-state index in [9.17, 15) is 9.90 Å². The first-order valence-corrected chi connectivity index (χ1v) is 6.88. The fraction of sp³-hybridized carbons (Fsp3) is 0.235. The van der Waals surface area contributed by atoms with Gasteiger partial charge in [0.15, 0.2) is 0 Å². The standard InChI is InChI=1S/C17H19NO3/c1-3-12-6-7-16(20)14(8-12)17(21)18-15-9-13(10-19)5-4-11(15)2/h4-9,19-20H,3,10H2,1-2H3,(H,18,21). The highest BCUT2D eigenvalue weighted by Gasteiger charge is 2.13. The van der Waals surface area contributed by atoms with Crippen molar-refractivity contribution in [2.45, 2.75) is 26.9 Å². The Labute approximate surface area is 124 Å². The van der Waals surface area contributed by atoms with Crippen LogP contribution in [0.1, 0.15) is 34.0 Å². The monoisotopic (exact) mass is 285 g/mol. The van der Waals surface area contributed by atoms with E-state index in [2.05, 4.69) is 5.32 Å². The number of aromatic hydroxyl groups is 1. The molecule has 0 atom stereocenters. The molecule has 0 radical (unpaired) electrons. The van der Waals surface area contributed by atoms with Crippen LogP contribution in [-0.4, -0.2) is 16.1 Å². The third-order valence-electron chi connectivity index (χ3n) is 3.45. The number of amides is 1. The average Bonchev–Trinajstić information content (AvgIpc) is 2.49. The summed E-state index contributed by atoms with van der Waals surface area (Å²) in [6, 6.07) is 10.4. The Morgan fingerprint density at radius 2 is 1.86 bits per heavy atom. The number of hydrogen-bond acceptors (Lipinski definition) is 3. The second-order valence-corrected chi connectivity index (χ2v) is 4.97. The van der Waals surface area contributed by atoms with Crippen LogP contribution in [0.3, 0.4) is 0 Å². The van der Waals surface area contributed by atoms with Crippen LogP contribution in [0, 0.1) is 6.92 Å². The molecule has 0 saturated carbocycles. The van der Waals surface area contributed by atoms with Crippen molar-refractivity contribution in [3.8, 4) is 5.75 Å². The van der Waals surface area contributed by atoms with E-state index in [1.807, 2.05) is 19.9 Å². The van der Waals surface area contributed by atoms with Gasteiger partial charge >= 0.3 is 0 Å². The molecule has 0 unspecified atom stereocenters. The van der Waals surface area contributed by atoms with E-state index in [1.165, 1.54) is 6.07 Å². The molecule has 0 bridgehead atoms. The summed E-state index contributed by atoms with van der Waals surface area (Å²) in [5.41, 5.74) is 3.49. The van der Waals surface area contributed by atoms with Crippen molar-refractivity contribution in [3.63, 3.8) is 0 Å². The number of benzene rings is 2. The number of phenols is 1. The fourth-order valence-electron chi connectivity index (χ4n) is 2.08. The zero-order chi connectivity index (χ0) is 15.4.